The van der Waals surface area contributed by atoms with E-state index in [0.29, 0.717) is 19.3 Å². The maximum Gasteiger partial charge on any atom is 0.191 e. The summed E-state index contributed by atoms with van der Waals surface area (Å²) in [6, 6.07) is 6.13. The van der Waals surface area contributed by atoms with Crippen LogP contribution in [-0.4, -0.2) is 58.7 Å². The van der Waals surface area contributed by atoms with Gasteiger partial charge in [-0.05, 0) is 57.7 Å². The zero-order valence-electron chi connectivity index (χ0n) is 18.7. The van der Waals surface area contributed by atoms with E-state index in [0.717, 1.165) is 68.6 Å². The van der Waals surface area contributed by atoms with Crippen molar-refractivity contribution >= 4 is 29.9 Å². The van der Waals surface area contributed by atoms with Gasteiger partial charge in [-0.15, -0.1) is 24.0 Å². The first-order valence-electron chi connectivity index (χ1n) is 10.7. The van der Waals surface area contributed by atoms with Crippen molar-refractivity contribution in [3.63, 3.8) is 0 Å². The van der Waals surface area contributed by atoms with Crippen molar-refractivity contribution in [1.29, 1.82) is 0 Å². The second-order valence-corrected chi connectivity index (χ2v) is 6.97. The van der Waals surface area contributed by atoms with Crippen molar-refractivity contribution in [3.8, 4) is 11.5 Å². The Balaban J connectivity index is 0.00000450. The number of aliphatic imine (C=N–C) groups is 1. The van der Waals surface area contributed by atoms with Gasteiger partial charge >= 0.3 is 0 Å². The van der Waals surface area contributed by atoms with E-state index >= 15 is 0 Å². The van der Waals surface area contributed by atoms with Gasteiger partial charge in [-0.3, -0.25) is 4.99 Å². The number of nitrogens with one attached hydrogen (secondary N) is 2. The number of halogens is 1. The molecule has 1 aliphatic heterocycles. The fraction of sp³-hybridized carbons (Fsp3) is 0.682. The molecule has 1 aliphatic rings. The molecule has 1 aromatic rings. The van der Waals surface area contributed by atoms with Crippen LogP contribution in [-0.2, 0) is 9.47 Å². The number of nitrogens with zero attached hydrogens (tertiary/aromatic N) is 1. The third-order valence-electron chi connectivity index (χ3n) is 4.78. The van der Waals surface area contributed by atoms with Crippen LogP contribution in [0.5, 0.6) is 11.5 Å². The van der Waals surface area contributed by atoms with Gasteiger partial charge in [-0.25, -0.2) is 0 Å². The first-order valence-corrected chi connectivity index (χ1v) is 10.7. The van der Waals surface area contributed by atoms with Crippen LogP contribution in [0.2, 0.25) is 0 Å². The van der Waals surface area contributed by atoms with Crippen LogP contribution in [0.1, 0.15) is 51.6 Å². The van der Waals surface area contributed by atoms with Crippen LogP contribution in [0.25, 0.3) is 0 Å². The molecule has 0 aromatic heterocycles. The van der Waals surface area contributed by atoms with Crippen LogP contribution in [0.15, 0.2) is 23.2 Å². The van der Waals surface area contributed by atoms with E-state index in [-0.39, 0.29) is 30.0 Å². The van der Waals surface area contributed by atoms with Crippen molar-refractivity contribution in [3.05, 3.63) is 23.8 Å². The smallest absolute Gasteiger partial charge is 0.191 e. The predicted molar refractivity (Wildman–Crippen MR) is 132 cm³/mol. The molecule has 2 rings (SSSR count). The normalized spacial score (nSPS) is 15.8. The van der Waals surface area contributed by atoms with Crippen LogP contribution in [0, 0.1) is 0 Å². The molecule has 0 spiro atoms. The topological polar surface area (TPSA) is 73.3 Å². The molecule has 2 N–H and O–H groups in total. The summed E-state index contributed by atoms with van der Waals surface area (Å²) >= 11 is 0. The largest absolute Gasteiger partial charge is 0.490 e. The number of ether oxygens (including phenoxy) is 4. The average Bonchev–Trinajstić information content (AvgIpc) is 2.74. The molecule has 1 atom stereocenters. The van der Waals surface area contributed by atoms with E-state index in [1.165, 1.54) is 0 Å². The summed E-state index contributed by atoms with van der Waals surface area (Å²) in [7, 11) is 1.78. The summed E-state index contributed by atoms with van der Waals surface area (Å²) in [6.45, 7) is 10.4. The highest BCUT2D eigenvalue weighted by Crippen LogP contribution is 2.30. The Bertz CT molecular complexity index is 624. The zero-order chi connectivity index (χ0) is 20.9. The van der Waals surface area contributed by atoms with Crippen molar-refractivity contribution in [2.24, 2.45) is 4.99 Å². The minimum absolute atomic E-state index is 0. The van der Waals surface area contributed by atoms with Crippen LogP contribution in [0.4, 0.5) is 0 Å². The second kappa shape index (κ2) is 15.5. The minimum atomic E-state index is 0. The Hall–Kier alpha value is -1.26. The van der Waals surface area contributed by atoms with Gasteiger partial charge in [0, 0.05) is 33.4 Å². The number of benzene rings is 1. The van der Waals surface area contributed by atoms with Crippen molar-refractivity contribution in [2.75, 3.05) is 46.6 Å². The summed E-state index contributed by atoms with van der Waals surface area (Å²) in [6.07, 6.45) is 3.28. The predicted octanol–water partition coefficient (Wildman–Crippen LogP) is 3.91. The molecule has 1 unspecified atom stereocenters. The monoisotopic (exact) mass is 535 g/mol. The Kier molecular flexibility index (Phi) is 13.9. The Morgan fingerprint density at radius 1 is 1.17 bits per heavy atom. The van der Waals surface area contributed by atoms with Gasteiger partial charge in [0.2, 0.25) is 0 Å². The summed E-state index contributed by atoms with van der Waals surface area (Å²) in [5.41, 5.74) is 1.11. The van der Waals surface area contributed by atoms with Crippen molar-refractivity contribution < 1.29 is 18.9 Å². The van der Waals surface area contributed by atoms with Crippen LogP contribution >= 0.6 is 24.0 Å². The quantitative estimate of drug-likeness (QED) is 0.194. The molecular weight excluding hydrogens is 497 g/mol. The first kappa shape index (κ1) is 26.8. The maximum absolute atomic E-state index is 5.91. The van der Waals surface area contributed by atoms with Gasteiger partial charge in [0.1, 0.15) is 0 Å². The van der Waals surface area contributed by atoms with Crippen molar-refractivity contribution in [1.82, 2.24) is 10.6 Å². The number of guanidine groups is 1. The first-order chi connectivity index (χ1) is 14.2. The number of hydrogen-bond donors (Lipinski definition) is 2. The Labute approximate surface area is 198 Å². The lowest BCUT2D eigenvalue weighted by Gasteiger charge is -2.22. The molecule has 8 heteroatoms. The molecule has 0 radical (unpaired) electrons. The molecule has 0 bridgehead atoms. The molecule has 0 saturated carbocycles. The van der Waals surface area contributed by atoms with Gasteiger partial charge in [-0.1, -0.05) is 6.07 Å². The molecule has 172 valence electrons. The van der Waals surface area contributed by atoms with E-state index in [2.05, 4.69) is 28.6 Å². The highest BCUT2D eigenvalue weighted by Gasteiger charge is 2.14. The summed E-state index contributed by atoms with van der Waals surface area (Å²) in [5, 5.41) is 6.79. The van der Waals surface area contributed by atoms with E-state index in [1.54, 1.807) is 7.05 Å². The molecular formula is C22H38IN3O4. The summed E-state index contributed by atoms with van der Waals surface area (Å²) in [5.74, 6) is 2.32. The Morgan fingerprint density at radius 2 is 1.87 bits per heavy atom. The standard InChI is InChI=1S/C22H37N3O4.HI/c1-5-27-20-9-8-18(16-21(20)28-6-2)17(3)25-22(23-4)24-12-7-13-29-19-10-14-26-15-11-19;/h8-9,16-17,19H,5-7,10-15H2,1-4H3,(H2,23,24,25);1H. The van der Waals surface area contributed by atoms with E-state index in [9.17, 15) is 0 Å². The molecule has 7 nitrogen and oxygen atoms in total. The van der Waals surface area contributed by atoms with Crippen LogP contribution in [0.3, 0.4) is 0 Å². The maximum atomic E-state index is 5.91. The average molecular weight is 535 g/mol. The molecule has 1 fully saturated rings. The van der Waals surface area contributed by atoms with Gasteiger partial charge in [0.15, 0.2) is 17.5 Å². The molecule has 30 heavy (non-hydrogen) atoms. The molecule has 0 aliphatic carbocycles. The number of rotatable bonds is 11. The number of hydrogen-bond acceptors (Lipinski definition) is 5. The third kappa shape index (κ3) is 9.26. The SMILES string of the molecule is CCOc1ccc(C(C)NC(=NC)NCCCOC2CCOCC2)cc1OCC.I. The highest BCUT2D eigenvalue weighted by atomic mass is 127. The van der Waals surface area contributed by atoms with Crippen LogP contribution < -0.4 is 20.1 Å². The summed E-state index contributed by atoms with van der Waals surface area (Å²) < 4.78 is 22.6. The van der Waals surface area contributed by atoms with Gasteiger partial charge in [0.05, 0.1) is 25.4 Å². The fourth-order valence-corrected chi connectivity index (χ4v) is 3.19. The second-order valence-electron chi connectivity index (χ2n) is 6.97. The van der Waals surface area contributed by atoms with E-state index in [4.69, 9.17) is 18.9 Å². The molecule has 1 saturated heterocycles. The lowest BCUT2D eigenvalue weighted by atomic mass is 10.1. The fourth-order valence-electron chi connectivity index (χ4n) is 3.19. The molecule has 0 amide bonds. The van der Waals surface area contributed by atoms with Gasteiger partial charge in [-0.2, -0.15) is 0 Å². The van der Waals surface area contributed by atoms with Gasteiger partial charge in [0.25, 0.3) is 0 Å². The third-order valence-corrected chi connectivity index (χ3v) is 4.78. The lowest BCUT2D eigenvalue weighted by Crippen LogP contribution is -2.39. The summed E-state index contributed by atoms with van der Waals surface area (Å²) in [4.78, 5) is 4.33. The zero-order valence-corrected chi connectivity index (χ0v) is 21.1. The minimum Gasteiger partial charge on any atom is -0.490 e. The highest BCUT2D eigenvalue weighted by molar-refractivity contribution is 14.0. The van der Waals surface area contributed by atoms with Gasteiger partial charge < -0.3 is 29.6 Å². The lowest BCUT2D eigenvalue weighted by molar-refractivity contribution is -0.0320. The molecule has 1 heterocycles. The van der Waals surface area contributed by atoms with E-state index < -0.39 is 0 Å². The Morgan fingerprint density at radius 3 is 2.53 bits per heavy atom. The molecule has 1 aromatic carbocycles. The van der Waals surface area contributed by atoms with Crippen molar-refractivity contribution in [2.45, 2.75) is 52.2 Å². The van der Waals surface area contributed by atoms with E-state index in [1.807, 2.05) is 26.0 Å².